The second kappa shape index (κ2) is 18.5. The molecule has 0 saturated heterocycles. The number of fused-ring (bicyclic) bond motifs is 3. The van der Waals surface area contributed by atoms with Gasteiger partial charge in [-0.2, -0.15) is 0 Å². The Balaban J connectivity index is 1.33. The molecule has 0 amide bonds. The standard InChI is InChI=1S/C65H56N4/c1-8-45(31-21-24-44-22-13-9-14-23-44)54-40-51(63-67-61(49-27-17-11-18-28-49)66-62(68-63)50-29-19-12-20-30-50)41-55(48-34-32-47(33-35-48)46-25-15-10-16-26-46)60(54)69-58-38-36-52(64(2,3)4)42-56(58)57-43-53(65(5,6)7)37-39-59(57)69/h8-43H,1H2,2-7H3/b24-21+,45-31+. The molecule has 0 aliphatic heterocycles. The van der Waals surface area contributed by atoms with Crippen LogP contribution >= 0.6 is 0 Å². The van der Waals surface area contributed by atoms with Crippen molar-refractivity contribution < 1.29 is 0 Å². The van der Waals surface area contributed by atoms with Gasteiger partial charge in [0.1, 0.15) is 0 Å². The van der Waals surface area contributed by atoms with Gasteiger partial charge in [0, 0.05) is 38.6 Å². The van der Waals surface area contributed by atoms with Crippen LogP contribution in [0.2, 0.25) is 0 Å². The molecule has 0 spiro atoms. The number of allylic oxidation sites excluding steroid dienone is 4. The van der Waals surface area contributed by atoms with Gasteiger partial charge in [0.05, 0.1) is 16.7 Å². The summed E-state index contributed by atoms with van der Waals surface area (Å²) in [6.45, 7) is 18.2. The Labute approximate surface area is 406 Å². The van der Waals surface area contributed by atoms with Gasteiger partial charge in [-0.1, -0.05) is 230 Å². The minimum Gasteiger partial charge on any atom is -0.308 e. The highest BCUT2D eigenvalue weighted by molar-refractivity contribution is 6.11. The van der Waals surface area contributed by atoms with E-state index in [1.807, 2.05) is 48.5 Å². The highest BCUT2D eigenvalue weighted by atomic mass is 15.0. The van der Waals surface area contributed by atoms with Crippen molar-refractivity contribution in [2.75, 3.05) is 0 Å². The molecule has 0 aliphatic carbocycles. The maximum atomic E-state index is 5.29. The van der Waals surface area contributed by atoms with Crippen LogP contribution in [-0.4, -0.2) is 19.5 Å². The number of aromatic nitrogens is 4. The summed E-state index contributed by atoms with van der Waals surface area (Å²) in [5.41, 5.74) is 15.9. The molecule has 2 aromatic heterocycles. The van der Waals surface area contributed by atoms with Gasteiger partial charge in [-0.05, 0) is 86.2 Å². The van der Waals surface area contributed by atoms with Crippen LogP contribution in [0.5, 0.6) is 0 Å². The number of nitrogens with zero attached hydrogens (tertiary/aromatic N) is 4. The van der Waals surface area contributed by atoms with Crippen molar-refractivity contribution in [3.8, 4) is 62.1 Å². The maximum absolute atomic E-state index is 5.29. The van der Waals surface area contributed by atoms with E-state index < -0.39 is 0 Å². The van der Waals surface area contributed by atoms with Crippen molar-refractivity contribution in [1.82, 2.24) is 19.5 Å². The van der Waals surface area contributed by atoms with Gasteiger partial charge in [0.15, 0.2) is 17.5 Å². The fourth-order valence-corrected chi connectivity index (χ4v) is 9.15. The third-order valence-corrected chi connectivity index (χ3v) is 13.0. The van der Waals surface area contributed by atoms with E-state index in [4.69, 9.17) is 15.0 Å². The average Bonchev–Trinajstić information content (AvgIpc) is 3.70. The van der Waals surface area contributed by atoms with Crippen molar-refractivity contribution in [1.29, 1.82) is 0 Å². The molecule has 0 bridgehead atoms. The fourth-order valence-electron chi connectivity index (χ4n) is 9.15. The van der Waals surface area contributed by atoms with Gasteiger partial charge in [0.2, 0.25) is 0 Å². The van der Waals surface area contributed by atoms with Gasteiger partial charge in [-0.25, -0.2) is 15.0 Å². The largest absolute Gasteiger partial charge is 0.308 e. The van der Waals surface area contributed by atoms with E-state index in [-0.39, 0.29) is 10.8 Å². The van der Waals surface area contributed by atoms with Crippen LogP contribution in [0.3, 0.4) is 0 Å². The molecule has 0 saturated carbocycles. The molecule has 0 N–H and O–H groups in total. The SMILES string of the molecule is C=C/C(=C\C=C\c1ccccc1)c1cc(-c2nc(-c3ccccc3)nc(-c3ccccc3)n2)cc(-c2ccc(-c3ccccc3)cc2)c1-n1c2ccc(C(C)(C)C)cc2c2cc(C(C)(C)C)ccc21. The fraction of sp³-hybridized carbons (Fsp3) is 0.123. The lowest BCUT2D eigenvalue weighted by Gasteiger charge is -2.22. The van der Waals surface area contributed by atoms with E-state index in [1.54, 1.807) is 0 Å². The first kappa shape index (κ1) is 44.6. The van der Waals surface area contributed by atoms with Crippen LogP contribution in [0.4, 0.5) is 0 Å². The van der Waals surface area contributed by atoms with E-state index in [0.717, 1.165) is 66.8 Å². The zero-order valence-electron chi connectivity index (χ0n) is 40.3. The summed E-state index contributed by atoms with van der Waals surface area (Å²) in [4.78, 5) is 15.6. The number of hydrogen-bond acceptors (Lipinski definition) is 3. The van der Waals surface area contributed by atoms with Crippen LogP contribution in [0.25, 0.3) is 95.6 Å². The van der Waals surface area contributed by atoms with Crippen molar-refractivity contribution in [2.45, 2.75) is 52.4 Å². The van der Waals surface area contributed by atoms with Crippen molar-refractivity contribution in [3.05, 3.63) is 241 Å². The summed E-state index contributed by atoms with van der Waals surface area (Å²) in [7, 11) is 0. The van der Waals surface area contributed by atoms with Crippen molar-refractivity contribution in [3.63, 3.8) is 0 Å². The Morgan fingerprint density at radius 2 is 0.884 bits per heavy atom. The predicted octanol–water partition coefficient (Wildman–Crippen LogP) is 17.2. The van der Waals surface area contributed by atoms with Crippen LogP contribution in [0.15, 0.2) is 219 Å². The first-order valence-electron chi connectivity index (χ1n) is 23.8. The van der Waals surface area contributed by atoms with Crippen molar-refractivity contribution >= 4 is 33.5 Å². The molecule has 10 aromatic rings. The van der Waals surface area contributed by atoms with Crippen molar-refractivity contribution in [2.24, 2.45) is 0 Å². The molecule has 0 fully saturated rings. The molecular formula is C65H56N4. The lowest BCUT2D eigenvalue weighted by atomic mass is 9.85. The lowest BCUT2D eigenvalue weighted by Crippen LogP contribution is -2.10. The van der Waals surface area contributed by atoms with E-state index in [9.17, 15) is 0 Å². The second-order valence-electron chi connectivity index (χ2n) is 19.8. The van der Waals surface area contributed by atoms with Gasteiger partial charge in [-0.15, -0.1) is 0 Å². The molecule has 0 radical (unpaired) electrons. The minimum absolute atomic E-state index is 0.0473. The van der Waals surface area contributed by atoms with Crippen LogP contribution in [0, 0.1) is 0 Å². The van der Waals surface area contributed by atoms with E-state index in [1.165, 1.54) is 27.5 Å². The predicted molar refractivity (Wildman–Crippen MR) is 292 cm³/mol. The molecule has 4 heteroatoms. The Morgan fingerprint density at radius 1 is 0.449 bits per heavy atom. The molecule has 4 nitrogen and oxygen atoms in total. The Hall–Kier alpha value is -8.21. The molecule has 0 aliphatic rings. The molecule has 69 heavy (non-hydrogen) atoms. The summed E-state index contributed by atoms with van der Waals surface area (Å²) in [6.07, 6.45) is 8.41. The monoisotopic (exact) mass is 892 g/mol. The molecule has 10 rings (SSSR count). The van der Waals surface area contributed by atoms with Gasteiger partial charge in [-0.3, -0.25) is 0 Å². The zero-order valence-corrected chi connectivity index (χ0v) is 40.3. The van der Waals surface area contributed by atoms with Gasteiger partial charge < -0.3 is 4.57 Å². The third-order valence-electron chi connectivity index (χ3n) is 13.0. The smallest absolute Gasteiger partial charge is 0.164 e. The zero-order chi connectivity index (χ0) is 47.7. The number of hydrogen-bond donors (Lipinski definition) is 0. The number of benzene rings is 8. The average molecular weight is 893 g/mol. The first-order chi connectivity index (χ1) is 33.4. The second-order valence-corrected chi connectivity index (χ2v) is 19.8. The lowest BCUT2D eigenvalue weighted by molar-refractivity contribution is 0.590. The summed E-state index contributed by atoms with van der Waals surface area (Å²) in [5, 5.41) is 2.43. The Morgan fingerprint density at radius 3 is 1.36 bits per heavy atom. The first-order valence-corrected chi connectivity index (χ1v) is 23.8. The molecule has 2 heterocycles. The summed E-state index contributed by atoms with van der Waals surface area (Å²) >= 11 is 0. The highest BCUT2D eigenvalue weighted by Crippen LogP contribution is 2.44. The van der Waals surface area contributed by atoms with E-state index >= 15 is 0 Å². The number of rotatable bonds is 10. The highest BCUT2D eigenvalue weighted by Gasteiger charge is 2.26. The van der Waals surface area contributed by atoms with E-state index in [0.29, 0.717) is 17.5 Å². The topological polar surface area (TPSA) is 43.6 Å². The maximum Gasteiger partial charge on any atom is 0.164 e. The van der Waals surface area contributed by atoms with Gasteiger partial charge in [0.25, 0.3) is 0 Å². The molecule has 0 atom stereocenters. The minimum atomic E-state index is -0.0473. The summed E-state index contributed by atoms with van der Waals surface area (Å²) in [6, 6.07) is 68.9. The van der Waals surface area contributed by atoms with Crippen LogP contribution in [0.1, 0.15) is 63.8 Å². The molecule has 0 unspecified atom stereocenters. The third kappa shape index (κ3) is 9.14. The summed E-state index contributed by atoms with van der Waals surface area (Å²) < 4.78 is 2.49. The normalized spacial score (nSPS) is 12.3. The van der Waals surface area contributed by atoms with Gasteiger partial charge >= 0.3 is 0 Å². The Kier molecular flexibility index (Phi) is 11.9. The molecular weight excluding hydrogens is 837 g/mol. The van der Waals surface area contributed by atoms with Crippen LogP contribution < -0.4 is 0 Å². The summed E-state index contributed by atoms with van der Waals surface area (Å²) in [5.74, 6) is 1.79. The van der Waals surface area contributed by atoms with E-state index in [2.05, 4.69) is 223 Å². The Bertz CT molecular complexity index is 3400. The quantitative estimate of drug-likeness (QED) is 0.129. The molecule has 336 valence electrons. The van der Waals surface area contributed by atoms with Crippen LogP contribution in [-0.2, 0) is 10.8 Å². The molecule has 8 aromatic carbocycles.